The maximum absolute atomic E-state index is 6.67. The Labute approximate surface area is 178 Å². The predicted molar refractivity (Wildman–Crippen MR) is 124 cm³/mol. The third-order valence-electron chi connectivity index (χ3n) is 5.67. The fraction of sp³-hybridized carbons (Fsp3) is 0.520. The molecule has 0 aliphatic carbocycles. The van der Waals surface area contributed by atoms with Crippen molar-refractivity contribution in [2.45, 2.75) is 77.8 Å². The highest BCUT2D eigenvalue weighted by molar-refractivity contribution is 6.77. The molecule has 0 heterocycles. The van der Waals surface area contributed by atoms with Gasteiger partial charge in [-0.3, -0.25) is 0 Å². The van der Waals surface area contributed by atoms with Gasteiger partial charge in [-0.15, -0.1) is 0 Å². The molecule has 0 fully saturated rings. The lowest BCUT2D eigenvalue weighted by Crippen LogP contribution is -2.49. The molecule has 0 saturated carbocycles. The van der Waals surface area contributed by atoms with E-state index in [2.05, 4.69) is 60.6 Å². The summed E-state index contributed by atoms with van der Waals surface area (Å²) in [5.74, 6) is 1.63. The summed E-state index contributed by atoms with van der Waals surface area (Å²) in [6.07, 6.45) is -0.0116. The molecule has 4 heteroatoms. The summed E-state index contributed by atoms with van der Waals surface area (Å²) >= 11 is 0. The topological polar surface area (TPSA) is 27.7 Å². The molecule has 2 aromatic rings. The van der Waals surface area contributed by atoms with Crippen molar-refractivity contribution in [1.29, 1.82) is 0 Å². The minimum absolute atomic E-state index is 0.0116. The standard InChI is InChI=1S/C25H38O3Si/c1-19(2)29(20(3)4,21(5)6)27-17-22(7)28-25-15-11-14-24(16-25)26-18-23-12-9-8-10-13-23/h8-16,19-22H,17-18H2,1-7H3/t22-/m0/s1. The van der Waals surface area contributed by atoms with Crippen LogP contribution in [0.25, 0.3) is 0 Å². The van der Waals surface area contributed by atoms with E-state index in [1.54, 1.807) is 0 Å². The summed E-state index contributed by atoms with van der Waals surface area (Å²) in [5, 5.41) is 0. The molecule has 0 saturated heterocycles. The smallest absolute Gasteiger partial charge is 0.200 e. The average molecular weight is 415 g/mol. The zero-order valence-corrected chi connectivity index (χ0v) is 20.1. The first-order chi connectivity index (χ1) is 13.8. The molecule has 2 rings (SSSR count). The lowest BCUT2D eigenvalue weighted by Gasteiger charge is -2.42. The maximum Gasteiger partial charge on any atom is 0.200 e. The molecule has 29 heavy (non-hydrogen) atoms. The van der Waals surface area contributed by atoms with Gasteiger partial charge in [0, 0.05) is 6.07 Å². The Morgan fingerprint density at radius 2 is 1.31 bits per heavy atom. The van der Waals surface area contributed by atoms with Crippen molar-refractivity contribution in [2.24, 2.45) is 0 Å². The fourth-order valence-electron chi connectivity index (χ4n) is 4.41. The number of rotatable bonds is 11. The lowest BCUT2D eigenvalue weighted by atomic mass is 10.2. The van der Waals surface area contributed by atoms with Crippen molar-refractivity contribution in [3.8, 4) is 11.5 Å². The SMILES string of the molecule is CC(C)[Si](OC[C@H](C)Oc1cccc(OCc2ccccc2)c1)(C(C)C)C(C)C. The van der Waals surface area contributed by atoms with Crippen LogP contribution in [-0.2, 0) is 11.0 Å². The van der Waals surface area contributed by atoms with E-state index in [1.807, 2.05) is 42.5 Å². The Balaban J connectivity index is 1.95. The van der Waals surface area contributed by atoms with Crippen LogP contribution in [0.15, 0.2) is 54.6 Å². The minimum atomic E-state index is -1.87. The molecule has 0 aromatic heterocycles. The van der Waals surface area contributed by atoms with Crippen molar-refractivity contribution in [2.75, 3.05) is 6.61 Å². The molecule has 0 aliphatic rings. The first-order valence-corrected chi connectivity index (χ1v) is 13.0. The molecule has 0 N–H and O–H groups in total. The summed E-state index contributed by atoms with van der Waals surface area (Å²) in [6, 6.07) is 18.0. The Bertz CT molecular complexity index is 706. The van der Waals surface area contributed by atoms with Gasteiger partial charge < -0.3 is 13.9 Å². The van der Waals surface area contributed by atoms with Crippen molar-refractivity contribution >= 4 is 8.32 Å². The normalized spacial score (nSPS) is 13.2. The van der Waals surface area contributed by atoms with E-state index in [9.17, 15) is 0 Å². The molecule has 0 amide bonds. The Kier molecular flexibility index (Phi) is 8.78. The fourth-order valence-corrected chi connectivity index (χ4v) is 9.93. The maximum atomic E-state index is 6.67. The van der Waals surface area contributed by atoms with Crippen molar-refractivity contribution in [3.63, 3.8) is 0 Å². The van der Waals surface area contributed by atoms with Crippen molar-refractivity contribution < 1.29 is 13.9 Å². The molecular weight excluding hydrogens is 376 g/mol. The summed E-state index contributed by atoms with van der Waals surface area (Å²) < 4.78 is 18.7. The van der Waals surface area contributed by atoms with Gasteiger partial charge in [-0.1, -0.05) is 77.9 Å². The van der Waals surface area contributed by atoms with Crippen LogP contribution in [-0.4, -0.2) is 21.0 Å². The van der Waals surface area contributed by atoms with Crippen LogP contribution in [0.2, 0.25) is 16.6 Å². The largest absolute Gasteiger partial charge is 0.489 e. The van der Waals surface area contributed by atoms with Crippen LogP contribution in [0.3, 0.4) is 0 Å². The van der Waals surface area contributed by atoms with Crippen molar-refractivity contribution in [1.82, 2.24) is 0 Å². The molecule has 0 unspecified atom stereocenters. The molecule has 3 nitrogen and oxygen atoms in total. The molecule has 0 radical (unpaired) electrons. The van der Waals surface area contributed by atoms with Gasteiger partial charge in [0.05, 0.1) is 6.61 Å². The molecule has 0 aliphatic heterocycles. The van der Waals surface area contributed by atoms with E-state index < -0.39 is 8.32 Å². The van der Waals surface area contributed by atoms with Gasteiger partial charge >= 0.3 is 0 Å². The molecule has 1 atom stereocenters. The van der Waals surface area contributed by atoms with Crippen molar-refractivity contribution in [3.05, 3.63) is 60.2 Å². The third kappa shape index (κ3) is 6.35. The number of hydrogen-bond acceptors (Lipinski definition) is 3. The van der Waals surface area contributed by atoms with Gasteiger partial charge in [0.25, 0.3) is 0 Å². The summed E-state index contributed by atoms with van der Waals surface area (Å²) in [7, 11) is -1.87. The van der Waals surface area contributed by atoms with Gasteiger partial charge in [0.15, 0.2) is 0 Å². The molecule has 0 bridgehead atoms. The highest BCUT2D eigenvalue weighted by Gasteiger charge is 2.45. The van der Waals surface area contributed by atoms with Crippen LogP contribution in [0, 0.1) is 0 Å². The van der Waals surface area contributed by atoms with Crippen LogP contribution in [0.4, 0.5) is 0 Å². The number of benzene rings is 2. The van der Waals surface area contributed by atoms with E-state index in [0.717, 1.165) is 17.1 Å². The molecular formula is C25H38O3Si. The van der Waals surface area contributed by atoms with Gasteiger partial charge in [-0.05, 0) is 41.2 Å². The van der Waals surface area contributed by atoms with E-state index in [1.165, 1.54) is 0 Å². The quantitative estimate of drug-likeness (QED) is 0.363. The second-order valence-corrected chi connectivity index (χ2v) is 14.3. The molecule has 2 aromatic carbocycles. The van der Waals surface area contributed by atoms with Gasteiger partial charge in [-0.2, -0.15) is 0 Å². The summed E-state index contributed by atoms with van der Waals surface area (Å²) in [5.41, 5.74) is 2.87. The van der Waals surface area contributed by atoms with E-state index in [-0.39, 0.29) is 6.10 Å². The van der Waals surface area contributed by atoms with E-state index >= 15 is 0 Å². The van der Waals surface area contributed by atoms with Crippen LogP contribution in [0.5, 0.6) is 11.5 Å². The summed E-state index contributed by atoms with van der Waals surface area (Å²) in [6.45, 7) is 17.1. The number of hydrogen-bond donors (Lipinski definition) is 0. The van der Waals surface area contributed by atoms with Gasteiger partial charge in [-0.25, -0.2) is 0 Å². The average Bonchev–Trinajstić information content (AvgIpc) is 2.67. The predicted octanol–water partition coefficient (Wildman–Crippen LogP) is 7.23. The molecule has 160 valence electrons. The van der Waals surface area contributed by atoms with Gasteiger partial charge in [0.2, 0.25) is 8.32 Å². The zero-order valence-electron chi connectivity index (χ0n) is 19.1. The number of ether oxygens (including phenoxy) is 2. The highest BCUT2D eigenvalue weighted by atomic mass is 28.4. The Hall–Kier alpha value is -1.78. The summed E-state index contributed by atoms with van der Waals surface area (Å²) in [4.78, 5) is 0. The highest BCUT2D eigenvalue weighted by Crippen LogP contribution is 2.42. The second-order valence-electron chi connectivity index (χ2n) is 8.81. The zero-order chi connectivity index (χ0) is 21.4. The third-order valence-corrected chi connectivity index (χ3v) is 11.7. The van der Waals surface area contributed by atoms with E-state index in [4.69, 9.17) is 13.9 Å². The lowest BCUT2D eigenvalue weighted by molar-refractivity contribution is 0.130. The molecule has 0 spiro atoms. The first kappa shape index (κ1) is 23.5. The Morgan fingerprint density at radius 3 is 1.90 bits per heavy atom. The second kappa shape index (κ2) is 10.8. The van der Waals surface area contributed by atoms with Crippen LogP contribution in [0.1, 0.15) is 54.0 Å². The van der Waals surface area contributed by atoms with Crippen LogP contribution < -0.4 is 9.47 Å². The van der Waals surface area contributed by atoms with Crippen LogP contribution >= 0.6 is 0 Å². The first-order valence-electron chi connectivity index (χ1n) is 10.8. The van der Waals surface area contributed by atoms with E-state index in [0.29, 0.717) is 29.8 Å². The Morgan fingerprint density at radius 1 is 0.724 bits per heavy atom. The monoisotopic (exact) mass is 414 g/mol. The minimum Gasteiger partial charge on any atom is -0.489 e. The van der Waals surface area contributed by atoms with Gasteiger partial charge in [0.1, 0.15) is 24.2 Å².